The summed E-state index contributed by atoms with van der Waals surface area (Å²) in [5.41, 5.74) is 0.0475. The number of thioether (sulfide) groups is 1. The van der Waals surface area contributed by atoms with Crippen molar-refractivity contribution in [1.82, 2.24) is 0 Å². The number of ether oxygens (including phenoxy) is 1. The van der Waals surface area contributed by atoms with Gasteiger partial charge in [0.1, 0.15) is 0 Å². The lowest BCUT2D eigenvalue weighted by Gasteiger charge is -2.24. The molecular formula is C16H19NO4S. The van der Waals surface area contributed by atoms with Gasteiger partial charge in [0, 0.05) is 17.0 Å². The van der Waals surface area contributed by atoms with Crippen LogP contribution < -0.4 is 0 Å². The van der Waals surface area contributed by atoms with Crippen LogP contribution in [0.4, 0.5) is 5.69 Å². The number of carbonyl (C=O) groups excluding carboxylic acids is 1. The summed E-state index contributed by atoms with van der Waals surface area (Å²) in [6.45, 7) is 2.64. The number of esters is 1. The molecule has 0 fully saturated rings. The monoisotopic (exact) mass is 321 g/mol. The summed E-state index contributed by atoms with van der Waals surface area (Å²) in [6, 6.07) is 6.15. The van der Waals surface area contributed by atoms with E-state index in [1.54, 1.807) is 12.1 Å². The van der Waals surface area contributed by atoms with E-state index in [9.17, 15) is 14.9 Å². The van der Waals surface area contributed by atoms with E-state index in [1.807, 2.05) is 0 Å². The average molecular weight is 321 g/mol. The third-order valence-corrected chi connectivity index (χ3v) is 4.77. The van der Waals surface area contributed by atoms with Crippen LogP contribution in [0.2, 0.25) is 0 Å². The number of rotatable bonds is 6. The van der Waals surface area contributed by atoms with E-state index in [0.717, 1.165) is 17.7 Å². The number of allylic oxidation sites excluding steroid dienone is 2. The number of hydrogen-bond donors (Lipinski definition) is 0. The van der Waals surface area contributed by atoms with E-state index < -0.39 is 4.92 Å². The van der Waals surface area contributed by atoms with Crippen molar-refractivity contribution in [3.05, 3.63) is 46.5 Å². The lowest BCUT2D eigenvalue weighted by molar-refractivity contribution is -0.384. The minimum Gasteiger partial charge on any atom is -0.465 e. The Bertz CT molecular complexity index is 556. The maximum atomic E-state index is 11.8. The topological polar surface area (TPSA) is 69.4 Å². The molecule has 0 spiro atoms. The Balaban J connectivity index is 1.73. The Labute approximate surface area is 133 Å². The van der Waals surface area contributed by atoms with Crippen LogP contribution in [0.1, 0.15) is 19.8 Å². The van der Waals surface area contributed by atoms with Crippen LogP contribution in [-0.2, 0) is 9.53 Å². The molecular weight excluding hydrogens is 302 g/mol. The maximum absolute atomic E-state index is 11.8. The number of nitro groups is 1. The summed E-state index contributed by atoms with van der Waals surface area (Å²) in [7, 11) is 0. The van der Waals surface area contributed by atoms with Crippen molar-refractivity contribution in [1.29, 1.82) is 0 Å². The van der Waals surface area contributed by atoms with Gasteiger partial charge in [0.15, 0.2) is 0 Å². The molecule has 0 heterocycles. The van der Waals surface area contributed by atoms with E-state index in [4.69, 9.17) is 4.74 Å². The predicted molar refractivity (Wildman–Crippen MR) is 85.8 cm³/mol. The fourth-order valence-corrected chi connectivity index (χ4v) is 2.98. The first kappa shape index (κ1) is 16.5. The van der Waals surface area contributed by atoms with Crippen LogP contribution in [0, 0.1) is 22.0 Å². The molecule has 1 aromatic rings. The second-order valence-corrected chi connectivity index (χ2v) is 6.45. The molecule has 0 bridgehead atoms. The molecule has 0 N–H and O–H groups in total. The van der Waals surface area contributed by atoms with Gasteiger partial charge in [-0.3, -0.25) is 14.9 Å². The summed E-state index contributed by atoms with van der Waals surface area (Å²) in [6.07, 6.45) is 6.32. The summed E-state index contributed by atoms with van der Waals surface area (Å²) in [5, 5.41) is 10.6. The summed E-state index contributed by atoms with van der Waals surface area (Å²) in [5.74, 6) is 0.915. The van der Waals surface area contributed by atoms with Gasteiger partial charge in [-0.15, -0.1) is 11.8 Å². The highest BCUT2D eigenvalue weighted by Gasteiger charge is 2.20. The first-order valence-electron chi connectivity index (χ1n) is 7.24. The van der Waals surface area contributed by atoms with Crippen LogP contribution in [0.5, 0.6) is 0 Å². The van der Waals surface area contributed by atoms with Crippen molar-refractivity contribution < 1.29 is 14.5 Å². The average Bonchev–Trinajstić information content (AvgIpc) is 2.52. The highest BCUT2D eigenvalue weighted by molar-refractivity contribution is 8.00. The molecule has 0 saturated carbocycles. The molecule has 118 valence electrons. The van der Waals surface area contributed by atoms with E-state index in [1.165, 1.54) is 23.9 Å². The Morgan fingerprint density at radius 2 is 2.00 bits per heavy atom. The van der Waals surface area contributed by atoms with Gasteiger partial charge in [0.25, 0.3) is 5.69 Å². The predicted octanol–water partition coefficient (Wildman–Crippen LogP) is 3.83. The molecule has 1 aliphatic carbocycles. The smallest absolute Gasteiger partial charge is 0.316 e. The molecule has 2 unspecified atom stereocenters. The minimum absolute atomic E-state index is 0.0475. The maximum Gasteiger partial charge on any atom is 0.316 e. The summed E-state index contributed by atoms with van der Waals surface area (Å²) in [4.78, 5) is 22.7. The Morgan fingerprint density at radius 3 is 2.64 bits per heavy atom. The molecule has 0 saturated heterocycles. The number of benzene rings is 1. The quantitative estimate of drug-likeness (QED) is 0.262. The Morgan fingerprint density at radius 1 is 1.32 bits per heavy atom. The van der Waals surface area contributed by atoms with Crippen LogP contribution in [0.3, 0.4) is 0 Å². The molecule has 5 nitrogen and oxygen atoms in total. The number of hydrogen-bond acceptors (Lipinski definition) is 5. The number of carbonyl (C=O) groups is 1. The van der Waals surface area contributed by atoms with Crippen molar-refractivity contribution in [3.63, 3.8) is 0 Å². The zero-order chi connectivity index (χ0) is 15.9. The SMILES string of the molecule is CC1CC=CCC1COC(=O)CSc1ccc([N+](=O)[O-])cc1. The van der Waals surface area contributed by atoms with Crippen LogP contribution >= 0.6 is 11.8 Å². The van der Waals surface area contributed by atoms with E-state index >= 15 is 0 Å². The van der Waals surface area contributed by atoms with E-state index in [0.29, 0.717) is 18.4 Å². The second-order valence-electron chi connectivity index (χ2n) is 5.40. The van der Waals surface area contributed by atoms with Crippen LogP contribution in [0.15, 0.2) is 41.3 Å². The van der Waals surface area contributed by atoms with Crippen molar-refractivity contribution >= 4 is 23.4 Å². The summed E-state index contributed by atoms with van der Waals surface area (Å²) < 4.78 is 5.33. The fourth-order valence-electron chi connectivity index (χ4n) is 2.29. The minimum atomic E-state index is -0.442. The van der Waals surface area contributed by atoms with Gasteiger partial charge in [0.05, 0.1) is 17.3 Å². The molecule has 0 amide bonds. The molecule has 0 radical (unpaired) electrons. The van der Waals surface area contributed by atoms with Gasteiger partial charge in [-0.05, 0) is 36.8 Å². The molecule has 0 aromatic heterocycles. The highest BCUT2D eigenvalue weighted by Crippen LogP contribution is 2.25. The first-order chi connectivity index (χ1) is 10.6. The van der Waals surface area contributed by atoms with Gasteiger partial charge in [0.2, 0.25) is 0 Å². The van der Waals surface area contributed by atoms with Gasteiger partial charge in [-0.1, -0.05) is 19.1 Å². The first-order valence-corrected chi connectivity index (χ1v) is 8.22. The van der Waals surface area contributed by atoms with Crippen molar-refractivity contribution in [2.45, 2.75) is 24.7 Å². The van der Waals surface area contributed by atoms with Gasteiger partial charge >= 0.3 is 5.97 Å². The molecule has 2 rings (SSSR count). The molecule has 2 atom stereocenters. The molecule has 22 heavy (non-hydrogen) atoms. The Kier molecular flexibility index (Phi) is 6.00. The Hall–Kier alpha value is -1.82. The van der Waals surface area contributed by atoms with Crippen molar-refractivity contribution in [3.8, 4) is 0 Å². The number of nitrogens with zero attached hydrogens (tertiary/aromatic N) is 1. The standard InChI is InChI=1S/C16H19NO4S/c1-12-4-2-3-5-13(12)10-21-16(18)11-22-15-8-6-14(7-9-15)17(19)20/h2-3,6-9,12-13H,4-5,10-11H2,1H3. The van der Waals surface area contributed by atoms with Gasteiger partial charge < -0.3 is 4.74 Å². The number of nitro benzene ring substituents is 1. The molecule has 0 aliphatic heterocycles. The summed E-state index contributed by atoms with van der Waals surface area (Å²) >= 11 is 1.33. The van der Waals surface area contributed by atoms with Gasteiger partial charge in [-0.2, -0.15) is 0 Å². The fraction of sp³-hybridized carbons (Fsp3) is 0.438. The second kappa shape index (κ2) is 7.98. The third-order valence-electron chi connectivity index (χ3n) is 3.78. The zero-order valence-electron chi connectivity index (χ0n) is 12.4. The van der Waals surface area contributed by atoms with Crippen LogP contribution in [0.25, 0.3) is 0 Å². The largest absolute Gasteiger partial charge is 0.465 e. The molecule has 6 heteroatoms. The molecule has 1 aliphatic rings. The highest BCUT2D eigenvalue weighted by atomic mass is 32.2. The van der Waals surface area contributed by atoms with E-state index in [-0.39, 0.29) is 17.4 Å². The van der Waals surface area contributed by atoms with Gasteiger partial charge in [-0.25, -0.2) is 0 Å². The number of non-ortho nitro benzene ring substituents is 1. The van der Waals surface area contributed by atoms with Crippen molar-refractivity contribution in [2.75, 3.05) is 12.4 Å². The normalized spacial score (nSPS) is 20.6. The lowest BCUT2D eigenvalue weighted by atomic mass is 9.85. The third kappa shape index (κ3) is 4.87. The zero-order valence-corrected chi connectivity index (χ0v) is 13.3. The van der Waals surface area contributed by atoms with E-state index in [2.05, 4.69) is 19.1 Å². The molecule has 1 aromatic carbocycles. The van der Waals surface area contributed by atoms with Crippen molar-refractivity contribution in [2.24, 2.45) is 11.8 Å². The van der Waals surface area contributed by atoms with Crippen LogP contribution in [-0.4, -0.2) is 23.3 Å². The lowest BCUT2D eigenvalue weighted by Crippen LogP contribution is -2.22.